The molecule has 0 fully saturated rings. The zero-order valence-corrected chi connectivity index (χ0v) is 8.37. The van der Waals surface area contributed by atoms with Gasteiger partial charge in [-0.1, -0.05) is 12.1 Å². The second-order valence-corrected chi connectivity index (χ2v) is 3.35. The summed E-state index contributed by atoms with van der Waals surface area (Å²) in [4.78, 5) is 4.16. The molecule has 0 saturated heterocycles. The van der Waals surface area contributed by atoms with E-state index in [1.807, 2.05) is 6.07 Å². The molecule has 2 aromatic rings. The van der Waals surface area contributed by atoms with Crippen molar-refractivity contribution in [3.63, 3.8) is 0 Å². The van der Waals surface area contributed by atoms with Gasteiger partial charge in [-0.15, -0.1) is 0 Å². The lowest BCUT2D eigenvalue weighted by atomic mass is 10.0. The summed E-state index contributed by atoms with van der Waals surface area (Å²) in [5, 5.41) is 0. The predicted molar refractivity (Wildman–Crippen MR) is 58.8 cm³/mol. The lowest BCUT2D eigenvalue weighted by Crippen LogP contribution is -1.95. The van der Waals surface area contributed by atoms with Crippen LogP contribution in [0.4, 0.5) is 10.1 Å². The second-order valence-electron chi connectivity index (χ2n) is 3.35. The van der Waals surface area contributed by atoms with E-state index in [9.17, 15) is 4.39 Å². The molecule has 0 saturated carbocycles. The van der Waals surface area contributed by atoms with Crippen molar-refractivity contribution in [1.82, 2.24) is 4.98 Å². The normalized spacial score (nSPS) is 10.3. The van der Waals surface area contributed by atoms with Gasteiger partial charge in [-0.25, -0.2) is 4.39 Å². The summed E-state index contributed by atoms with van der Waals surface area (Å²) in [5.41, 5.74) is 8.30. The smallest absolute Gasteiger partial charge is 0.126 e. The maximum atomic E-state index is 13.3. The van der Waals surface area contributed by atoms with Gasteiger partial charge in [0.2, 0.25) is 0 Å². The Morgan fingerprint density at radius 1 is 1.20 bits per heavy atom. The Kier molecular flexibility index (Phi) is 2.37. The summed E-state index contributed by atoms with van der Waals surface area (Å²) in [6.07, 6.45) is 1.65. The fourth-order valence-corrected chi connectivity index (χ4v) is 1.51. The number of benzene rings is 1. The van der Waals surface area contributed by atoms with Gasteiger partial charge in [0.25, 0.3) is 0 Å². The maximum Gasteiger partial charge on any atom is 0.126 e. The van der Waals surface area contributed by atoms with Crippen molar-refractivity contribution >= 4 is 5.69 Å². The average molecular weight is 202 g/mol. The summed E-state index contributed by atoms with van der Waals surface area (Å²) < 4.78 is 13.3. The zero-order valence-electron chi connectivity index (χ0n) is 8.37. The second kappa shape index (κ2) is 3.69. The van der Waals surface area contributed by atoms with Gasteiger partial charge in [-0.2, -0.15) is 0 Å². The molecule has 1 heterocycles. The largest absolute Gasteiger partial charge is 0.397 e. The van der Waals surface area contributed by atoms with Crippen molar-refractivity contribution in [3.8, 4) is 11.3 Å². The van der Waals surface area contributed by atoms with Crippen LogP contribution in [-0.2, 0) is 0 Å². The van der Waals surface area contributed by atoms with E-state index in [4.69, 9.17) is 5.73 Å². The highest BCUT2D eigenvalue weighted by molar-refractivity contribution is 5.74. The number of nitrogens with zero attached hydrogens (tertiary/aromatic N) is 1. The lowest BCUT2D eigenvalue weighted by Gasteiger charge is -2.07. The SMILES string of the molecule is Cc1c(F)cccc1-c1ncccc1N. The number of anilines is 1. The van der Waals surface area contributed by atoms with Crippen LogP contribution < -0.4 is 5.73 Å². The predicted octanol–water partition coefficient (Wildman–Crippen LogP) is 2.78. The van der Waals surface area contributed by atoms with E-state index < -0.39 is 0 Å². The number of nitrogens with two attached hydrogens (primary N) is 1. The summed E-state index contributed by atoms with van der Waals surface area (Å²) in [5.74, 6) is -0.238. The van der Waals surface area contributed by atoms with E-state index in [-0.39, 0.29) is 5.82 Å². The highest BCUT2D eigenvalue weighted by atomic mass is 19.1. The Labute approximate surface area is 87.6 Å². The first kappa shape index (κ1) is 9.65. The van der Waals surface area contributed by atoms with Gasteiger partial charge in [-0.3, -0.25) is 4.98 Å². The van der Waals surface area contributed by atoms with Crippen molar-refractivity contribution in [2.24, 2.45) is 0 Å². The minimum absolute atomic E-state index is 0.238. The molecule has 0 spiro atoms. The Bertz CT molecular complexity index is 495. The molecule has 3 heteroatoms. The fourth-order valence-electron chi connectivity index (χ4n) is 1.51. The summed E-state index contributed by atoms with van der Waals surface area (Å²) in [6.45, 7) is 1.72. The topological polar surface area (TPSA) is 38.9 Å². The van der Waals surface area contributed by atoms with Crippen LogP contribution in [0.1, 0.15) is 5.56 Å². The lowest BCUT2D eigenvalue weighted by molar-refractivity contribution is 0.619. The molecule has 0 amide bonds. The molecule has 0 radical (unpaired) electrons. The Morgan fingerprint density at radius 3 is 2.73 bits per heavy atom. The van der Waals surface area contributed by atoms with Crippen LogP contribution in [0.15, 0.2) is 36.5 Å². The van der Waals surface area contributed by atoms with Crippen LogP contribution in [0.5, 0.6) is 0 Å². The zero-order chi connectivity index (χ0) is 10.8. The molecule has 0 bridgehead atoms. The van der Waals surface area contributed by atoms with Gasteiger partial charge in [0.1, 0.15) is 5.82 Å². The van der Waals surface area contributed by atoms with Crippen LogP contribution in [0.2, 0.25) is 0 Å². The molecular formula is C12H11FN2. The average Bonchev–Trinajstić information content (AvgIpc) is 2.23. The van der Waals surface area contributed by atoms with Gasteiger partial charge in [0, 0.05) is 11.8 Å². The number of halogens is 1. The summed E-state index contributed by atoms with van der Waals surface area (Å²) >= 11 is 0. The highest BCUT2D eigenvalue weighted by Crippen LogP contribution is 2.27. The van der Waals surface area contributed by atoms with Crippen molar-refractivity contribution in [3.05, 3.63) is 47.9 Å². The van der Waals surface area contributed by atoms with E-state index in [0.717, 1.165) is 5.56 Å². The van der Waals surface area contributed by atoms with Gasteiger partial charge < -0.3 is 5.73 Å². The van der Waals surface area contributed by atoms with Crippen LogP contribution in [0, 0.1) is 12.7 Å². The third-order valence-corrected chi connectivity index (χ3v) is 2.36. The summed E-state index contributed by atoms with van der Waals surface area (Å²) in [6, 6.07) is 8.42. The molecule has 0 unspecified atom stereocenters. The number of hydrogen-bond acceptors (Lipinski definition) is 2. The van der Waals surface area contributed by atoms with Crippen molar-refractivity contribution in [2.45, 2.75) is 6.92 Å². The molecule has 2 nitrogen and oxygen atoms in total. The molecule has 2 rings (SSSR count). The molecule has 0 aliphatic rings. The van der Waals surface area contributed by atoms with Crippen molar-refractivity contribution in [1.29, 1.82) is 0 Å². The molecule has 0 atom stereocenters. The van der Waals surface area contributed by atoms with E-state index in [1.54, 1.807) is 31.3 Å². The van der Waals surface area contributed by atoms with Crippen LogP contribution >= 0.6 is 0 Å². The molecule has 1 aromatic carbocycles. The number of nitrogen functional groups attached to an aromatic ring is 1. The van der Waals surface area contributed by atoms with E-state index in [1.165, 1.54) is 6.07 Å². The summed E-state index contributed by atoms with van der Waals surface area (Å²) in [7, 11) is 0. The minimum Gasteiger partial charge on any atom is -0.397 e. The quantitative estimate of drug-likeness (QED) is 0.772. The fraction of sp³-hybridized carbons (Fsp3) is 0.0833. The molecule has 1 aromatic heterocycles. The van der Waals surface area contributed by atoms with Crippen molar-refractivity contribution < 1.29 is 4.39 Å². The maximum absolute atomic E-state index is 13.3. The van der Waals surface area contributed by atoms with Gasteiger partial charge in [-0.05, 0) is 30.7 Å². The number of rotatable bonds is 1. The molecule has 76 valence electrons. The van der Waals surface area contributed by atoms with Crippen LogP contribution in [0.3, 0.4) is 0 Å². The van der Waals surface area contributed by atoms with Gasteiger partial charge in [0.05, 0.1) is 11.4 Å². The third-order valence-electron chi connectivity index (χ3n) is 2.36. The van der Waals surface area contributed by atoms with Gasteiger partial charge in [0.15, 0.2) is 0 Å². The molecule has 2 N–H and O–H groups in total. The van der Waals surface area contributed by atoms with E-state index in [0.29, 0.717) is 16.9 Å². The minimum atomic E-state index is -0.238. The van der Waals surface area contributed by atoms with E-state index >= 15 is 0 Å². The Balaban J connectivity index is 2.65. The first-order valence-electron chi connectivity index (χ1n) is 4.66. The van der Waals surface area contributed by atoms with E-state index in [2.05, 4.69) is 4.98 Å². The Hall–Kier alpha value is -1.90. The van der Waals surface area contributed by atoms with Crippen LogP contribution in [0.25, 0.3) is 11.3 Å². The molecular weight excluding hydrogens is 191 g/mol. The van der Waals surface area contributed by atoms with Gasteiger partial charge >= 0.3 is 0 Å². The third kappa shape index (κ3) is 1.68. The monoisotopic (exact) mass is 202 g/mol. The number of pyridine rings is 1. The molecule has 0 aliphatic heterocycles. The first-order chi connectivity index (χ1) is 7.20. The molecule has 0 aliphatic carbocycles. The van der Waals surface area contributed by atoms with Crippen LogP contribution in [-0.4, -0.2) is 4.98 Å². The number of hydrogen-bond donors (Lipinski definition) is 1. The van der Waals surface area contributed by atoms with Crippen molar-refractivity contribution in [2.75, 3.05) is 5.73 Å². The Morgan fingerprint density at radius 2 is 2.00 bits per heavy atom. The molecule has 15 heavy (non-hydrogen) atoms. The first-order valence-corrected chi connectivity index (χ1v) is 4.66. The standard InChI is InChI=1S/C12H11FN2/c1-8-9(4-2-5-10(8)13)12-11(14)6-3-7-15-12/h2-7H,14H2,1H3. The highest BCUT2D eigenvalue weighted by Gasteiger charge is 2.08. The number of aromatic nitrogens is 1.